The van der Waals surface area contributed by atoms with Crippen LogP contribution in [0.15, 0.2) is 77.7 Å². The van der Waals surface area contributed by atoms with Crippen molar-refractivity contribution >= 4 is 27.5 Å². The SMILES string of the molecule is CCc1ccccc1N(CC(=O)N(Cc1ccc(F)cc1)C(C)C(=O)NC(C)CC)S(=O)(=O)c1ccc(C)cc1. The highest BCUT2D eigenvalue weighted by Gasteiger charge is 2.33. The van der Waals surface area contributed by atoms with Crippen molar-refractivity contribution in [1.29, 1.82) is 0 Å². The summed E-state index contributed by atoms with van der Waals surface area (Å²) >= 11 is 0. The van der Waals surface area contributed by atoms with Gasteiger partial charge in [0, 0.05) is 12.6 Å². The molecule has 9 heteroatoms. The number of hydrogen-bond donors (Lipinski definition) is 1. The first kappa shape index (κ1) is 30.8. The number of sulfonamides is 1. The van der Waals surface area contributed by atoms with Crippen molar-refractivity contribution in [3.63, 3.8) is 0 Å². The van der Waals surface area contributed by atoms with Gasteiger partial charge in [0.1, 0.15) is 18.4 Å². The predicted molar refractivity (Wildman–Crippen MR) is 156 cm³/mol. The van der Waals surface area contributed by atoms with Gasteiger partial charge in [0.2, 0.25) is 11.8 Å². The molecular formula is C31H38FN3O4S. The molecule has 7 nitrogen and oxygen atoms in total. The van der Waals surface area contributed by atoms with Crippen molar-refractivity contribution < 1.29 is 22.4 Å². The van der Waals surface area contributed by atoms with E-state index in [4.69, 9.17) is 0 Å². The number of carbonyl (C=O) groups is 2. The normalized spacial score (nSPS) is 12.8. The third kappa shape index (κ3) is 7.47. The van der Waals surface area contributed by atoms with Gasteiger partial charge in [-0.1, -0.05) is 61.9 Å². The average molecular weight is 568 g/mol. The lowest BCUT2D eigenvalue weighted by atomic mass is 10.1. The predicted octanol–water partition coefficient (Wildman–Crippen LogP) is 5.22. The van der Waals surface area contributed by atoms with Crippen LogP contribution in [-0.2, 0) is 32.6 Å². The zero-order valence-corrected chi connectivity index (χ0v) is 24.5. The van der Waals surface area contributed by atoms with Crippen LogP contribution >= 0.6 is 0 Å². The van der Waals surface area contributed by atoms with E-state index in [2.05, 4.69) is 5.32 Å². The van der Waals surface area contributed by atoms with E-state index < -0.39 is 34.3 Å². The fourth-order valence-corrected chi connectivity index (χ4v) is 5.69. The third-order valence-electron chi connectivity index (χ3n) is 6.96. The van der Waals surface area contributed by atoms with E-state index in [0.717, 1.165) is 15.4 Å². The van der Waals surface area contributed by atoms with E-state index in [1.54, 1.807) is 43.3 Å². The number of hydrogen-bond acceptors (Lipinski definition) is 4. The zero-order valence-electron chi connectivity index (χ0n) is 23.7. The number of halogens is 1. The van der Waals surface area contributed by atoms with Gasteiger partial charge in [0.15, 0.2) is 0 Å². The van der Waals surface area contributed by atoms with Crippen LogP contribution in [-0.4, -0.2) is 43.8 Å². The molecule has 0 saturated heterocycles. The maximum Gasteiger partial charge on any atom is 0.264 e. The fraction of sp³-hybridized carbons (Fsp3) is 0.355. The summed E-state index contributed by atoms with van der Waals surface area (Å²) in [5, 5.41) is 2.90. The van der Waals surface area contributed by atoms with Gasteiger partial charge in [-0.2, -0.15) is 0 Å². The van der Waals surface area contributed by atoms with Gasteiger partial charge >= 0.3 is 0 Å². The van der Waals surface area contributed by atoms with Gasteiger partial charge in [-0.25, -0.2) is 12.8 Å². The van der Waals surface area contributed by atoms with Crippen molar-refractivity contribution in [2.45, 2.75) is 71.0 Å². The lowest BCUT2D eigenvalue weighted by Gasteiger charge is -2.33. The monoisotopic (exact) mass is 567 g/mol. The molecule has 0 saturated carbocycles. The number of nitrogens with zero attached hydrogens (tertiary/aromatic N) is 2. The number of nitrogens with one attached hydrogen (secondary N) is 1. The van der Waals surface area contributed by atoms with E-state index in [-0.39, 0.29) is 23.4 Å². The summed E-state index contributed by atoms with van der Waals surface area (Å²) in [5.41, 5.74) is 2.68. The lowest BCUT2D eigenvalue weighted by molar-refractivity contribution is -0.139. The second-order valence-corrected chi connectivity index (χ2v) is 11.8. The molecule has 0 bridgehead atoms. The Morgan fingerprint density at radius 2 is 1.55 bits per heavy atom. The quantitative estimate of drug-likeness (QED) is 0.325. The second kappa shape index (κ2) is 13.6. The van der Waals surface area contributed by atoms with Gasteiger partial charge in [-0.15, -0.1) is 0 Å². The molecule has 3 rings (SSSR count). The number of benzene rings is 3. The van der Waals surface area contributed by atoms with E-state index in [9.17, 15) is 22.4 Å². The van der Waals surface area contributed by atoms with Gasteiger partial charge in [-0.05, 0) is 75.1 Å². The Kier molecular flexibility index (Phi) is 10.5. The third-order valence-corrected chi connectivity index (χ3v) is 8.74. The van der Waals surface area contributed by atoms with Crippen LogP contribution < -0.4 is 9.62 Å². The van der Waals surface area contributed by atoms with Gasteiger partial charge in [0.05, 0.1) is 10.6 Å². The van der Waals surface area contributed by atoms with Crippen molar-refractivity contribution in [3.8, 4) is 0 Å². The summed E-state index contributed by atoms with van der Waals surface area (Å²) in [7, 11) is -4.14. The van der Waals surface area contributed by atoms with E-state index in [1.807, 2.05) is 39.8 Å². The number of para-hydroxylation sites is 1. The minimum Gasteiger partial charge on any atom is -0.352 e. The highest BCUT2D eigenvalue weighted by Crippen LogP contribution is 2.28. The summed E-state index contributed by atoms with van der Waals surface area (Å²) in [6.07, 6.45) is 1.26. The molecule has 2 unspecified atom stereocenters. The van der Waals surface area contributed by atoms with E-state index in [0.29, 0.717) is 24.1 Å². The van der Waals surface area contributed by atoms with Gasteiger partial charge in [-0.3, -0.25) is 13.9 Å². The smallest absolute Gasteiger partial charge is 0.264 e. The molecule has 0 fully saturated rings. The van der Waals surface area contributed by atoms with E-state index in [1.165, 1.54) is 29.2 Å². The Morgan fingerprint density at radius 3 is 2.15 bits per heavy atom. The summed E-state index contributed by atoms with van der Waals surface area (Å²) in [5.74, 6) is -1.33. The molecule has 0 aliphatic rings. The Balaban J connectivity index is 2.06. The maximum absolute atomic E-state index is 14.0. The van der Waals surface area contributed by atoms with Crippen LogP contribution in [0.3, 0.4) is 0 Å². The maximum atomic E-state index is 14.0. The molecule has 0 aliphatic carbocycles. The number of anilines is 1. The van der Waals surface area contributed by atoms with Crippen molar-refractivity contribution in [2.24, 2.45) is 0 Å². The number of aryl methyl sites for hydroxylation is 2. The molecule has 1 N–H and O–H groups in total. The minimum absolute atomic E-state index is 0.00203. The Labute approximate surface area is 237 Å². The molecule has 3 aromatic rings. The largest absolute Gasteiger partial charge is 0.352 e. The Morgan fingerprint density at radius 1 is 0.925 bits per heavy atom. The lowest BCUT2D eigenvalue weighted by Crippen LogP contribution is -2.52. The molecular weight excluding hydrogens is 529 g/mol. The summed E-state index contributed by atoms with van der Waals surface area (Å²) in [6.45, 7) is 8.68. The molecule has 0 aromatic heterocycles. The molecule has 0 aliphatic heterocycles. The highest BCUT2D eigenvalue weighted by molar-refractivity contribution is 7.92. The molecule has 2 atom stereocenters. The molecule has 3 aromatic carbocycles. The minimum atomic E-state index is -4.14. The van der Waals surface area contributed by atoms with Crippen molar-refractivity contribution in [1.82, 2.24) is 10.2 Å². The van der Waals surface area contributed by atoms with Gasteiger partial charge in [0.25, 0.3) is 10.0 Å². The van der Waals surface area contributed by atoms with E-state index >= 15 is 0 Å². The second-order valence-electron chi connectivity index (χ2n) is 9.95. The summed E-state index contributed by atoms with van der Waals surface area (Å²) in [6, 6.07) is 18.2. The summed E-state index contributed by atoms with van der Waals surface area (Å²) in [4.78, 5) is 28.5. The molecule has 0 radical (unpaired) electrons. The Hall–Kier alpha value is -3.72. The molecule has 2 amide bonds. The molecule has 40 heavy (non-hydrogen) atoms. The first-order valence-electron chi connectivity index (χ1n) is 13.5. The molecule has 0 heterocycles. The van der Waals surface area contributed by atoms with Crippen LogP contribution in [0.5, 0.6) is 0 Å². The number of amides is 2. The fourth-order valence-electron chi connectivity index (χ4n) is 4.24. The highest BCUT2D eigenvalue weighted by atomic mass is 32.2. The van der Waals surface area contributed by atoms with Crippen LogP contribution in [0.2, 0.25) is 0 Å². The topological polar surface area (TPSA) is 86.8 Å². The Bertz CT molecular complexity index is 1410. The standard InChI is InChI=1S/C31H38FN3O4S/c1-6-23(4)33-31(37)24(5)34(20-25-14-16-27(32)17-15-25)30(36)21-35(29-11-9-8-10-26(29)7-2)40(38,39)28-18-12-22(3)13-19-28/h8-19,23-24H,6-7,20-21H2,1-5H3,(H,33,37). The number of rotatable bonds is 12. The molecule has 214 valence electrons. The van der Waals surface area contributed by atoms with Crippen LogP contribution in [0, 0.1) is 12.7 Å². The first-order valence-corrected chi connectivity index (χ1v) is 14.9. The zero-order chi connectivity index (χ0) is 29.4. The number of carbonyl (C=O) groups excluding carboxylic acids is 2. The van der Waals surface area contributed by atoms with Crippen LogP contribution in [0.4, 0.5) is 10.1 Å². The summed E-state index contributed by atoms with van der Waals surface area (Å²) < 4.78 is 42.7. The van der Waals surface area contributed by atoms with Crippen molar-refractivity contribution in [2.75, 3.05) is 10.8 Å². The van der Waals surface area contributed by atoms with Crippen LogP contribution in [0.25, 0.3) is 0 Å². The average Bonchev–Trinajstić information content (AvgIpc) is 2.95. The molecule has 0 spiro atoms. The van der Waals surface area contributed by atoms with Crippen molar-refractivity contribution in [3.05, 3.63) is 95.3 Å². The van der Waals surface area contributed by atoms with Gasteiger partial charge < -0.3 is 10.2 Å². The van der Waals surface area contributed by atoms with Crippen LogP contribution in [0.1, 0.15) is 50.8 Å². The first-order chi connectivity index (χ1) is 19.0.